The van der Waals surface area contributed by atoms with Crippen LogP contribution in [0.4, 0.5) is 0 Å². The highest BCUT2D eigenvalue weighted by atomic mass is 32.1. The Labute approximate surface area is 124 Å². The molecule has 1 aromatic carbocycles. The molecule has 0 atom stereocenters. The van der Waals surface area contributed by atoms with Gasteiger partial charge in [0.1, 0.15) is 0 Å². The van der Waals surface area contributed by atoms with E-state index in [9.17, 15) is 4.79 Å². The summed E-state index contributed by atoms with van der Waals surface area (Å²) in [6.45, 7) is 8.44. The highest BCUT2D eigenvalue weighted by Crippen LogP contribution is 2.22. The first kappa shape index (κ1) is 14.7. The Kier molecular flexibility index (Phi) is 3.95. The van der Waals surface area contributed by atoms with Crippen molar-refractivity contribution in [2.45, 2.75) is 39.5 Å². The maximum absolute atomic E-state index is 11.9. The quantitative estimate of drug-likeness (QED) is 0.829. The SMILES string of the molecule is Cc1[nH]c(=S)[nH]c(=O)c1Cc1ccc(C(C)(C)C)cc1. The van der Waals surface area contributed by atoms with Crippen molar-refractivity contribution in [2.24, 2.45) is 0 Å². The van der Waals surface area contributed by atoms with Crippen LogP contribution >= 0.6 is 12.2 Å². The molecule has 0 aliphatic rings. The molecule has 2 rings (SSSR count). The zero-order chi connectivity index (χ0) is 14.9. The Morgan fingerprint density at radius 2 is 1.70 bits per heavy atom. The van der Waals surface area contributed by atoms with Gasteiger partial charge < -0.3 is 4.98 Å². The molecule has 0 saturated heterocycles. The lowest BCUT2D eigenvalue weighted by Gasteiger charge is -2.19. The van der Waals surface area contributed by atoms with E-state index in [4.69, 9.17) is 12.2 Å². The third kappa shape index (κ3) is 3.25. The Morgan fingerprint density at radius 1 is 1.10 bits per heavy atom. The van der Waals surface area contributed by atoms with Crippen LogP contribution in [-0.2, 0) is 11.8 Å². The fourth-order valence-corrected chi connectivity index (χ4v) is 2.41. The summed E-state index contributed by atoms with van der Waals surface area (Å²) >= 11 is 4.96. The second-order valence-electron chi connectivity index (χ2n) is 6.14. The normalized spacial score (nSPS) is 11.6. The zero-order valence-corrected chi connectivity index (χ0v) is 13.1. The van der Waals surface area contributed by atoms with Gasteiger partial charge in [-0.1, -0.05) is 45.0 Å². The van der Waals surface area contributed by atoms with Crippen molar-refractivity contribution in [2.75, 3.05) is 0 Å². The van der Waals surface area contributed by atoms with Gasteiger partial charge in [-0.2, -0.15) is 0 Å². The van der Waals surface area contributed by atoms with Crippen molar-refractivity contribution < 1.29 is 0 Å². The smallest absolute Gasteiger partial charge is 0.255 e. The number of nitrogens with one attached hydrogen (secondary N) is 2. The fraction of sp³-hybridized carbons (Fsp3) is 0.375. The van der Waals surface area contributed by atoms with E-state index in [0.29, 0.717) is 11.2 Å². The Balaban J connectivity index is 2.32. The number of hydrogen-bond donors (Lipinski definition) is 2. The molecule has 0 saturated carbocycles. The lowest BCUT2D eigenvalue weighted by molar-refractivity contribution is 0.590. The molecule has 0 aliphatic heterocycles. The standard InChI is InChI=1S/C16H20N2OS/c1-10-13(14(19)18-15(20)17-10)9-11-5-7-12(8-6-11)16(2,3)4/h5-8H,9H2,1-4H3,(H2,17,18,19,20). The Morgan fingerprint density at radius 3 is 2.20 bits per heavy atom. The molecule has 2 N–H and O–H groups in total. The third-order valence-electron chi connectivity index (χ3n) is 3.46. The minimum absolute atomic E-state index is 0.105. The average molecular weight is 288 g/mol. The number of rotatable bonds is 2. The van der Waals surface area contributed by atoms with E-state index in [-0.39, 0.29) is 11.0 Å². The van der Waals surface area contributed by atoms with Gasteiger partial charge in [0.2, 0.25) is 0 Å². The Bertz CT molecular complexity index is 718. The third-order valence-corrected chi connectivity index (χ3v) is 3.66. The van der Waals surface area contributed by atoms with E-state index in [2.05, 4.69) is 55.0 Å². The second-order valence-corrected chi connectivity index (χ2v) is 6.54. The number of aromatic amines is 2. The van der Waals surface area contributed by atoms with E-state index in [1.54, 1.807) is 0 Å². The van der Waals surface area contributed by atoms with E-state index in [1.807, 2.05) is 6.92 Å². The highest BCUT2D eigenvalue weighted by Gasteiger charge is 2.13. The van der Waals surface area contributed by atoms with Crippen LogP contribution < -0.4 is 5.56 Å². The molecule has 0 unspecified atom stereocenters. The van der Waals surface area contributed by atoms with Gasteiger partial charge in [-0.05, 0) is 35.7 Å². The first-order chi connectivity index (χ1) is 9.27. The minimum atomic E-state index is -0.105. The van der Waals surface area contributed by atoms with Crippen LogP contribution in [0, 0.1) is 11.7 Å². The molecule has 106 valence electrons. The van der Waals surface area contributed by atoms with E-state index in [0.717, 1.165) is 16.8 Å². The Hall–Kier alpha value is -1.68. The predicted molar refractivity (Wildman–Crippen MR) is 84.9 cm³/mol. The van der Waals surface area contributed by atoms with Crippen LogP contribution in [0.5, 0.6) is 0 Å². The molecule has 20 heavy (non-hydrogen) atoms. The molecule has 0 amide bonds. The lowest BCUT2D eigenvalue weighted by Crippen LogP contribution is -2.17. The molecule has 0 fully saturated rings. The van der Waals surface area contributed by atoms with Gasteiger partial charge in [-0.25, -0.2) is 0 Å². The molecular formula is C16H20N2OS. The molecule has 1 aromatic heterocycles. The van der Waals surface area contributed by atoms with Crippen molar-refractivity contribution in [3.05, 3.63) is 61.8 Å². The number of aromatic nitrogens is 2. The summed E-state index contributed by atoms with van der Waals surface area (Å²) < 4.78 is 0.374. The van der Waals surface area contributed by atoms with Gasteiger partial charge in [0, 0.05) is 17.7 Å². The van der Waals surface area contributed by atoms with E-state index in [1.165, 1.54) is 5.56 Å². The summed E-state index contributed by atoms with van der Waals surface area (Å²) in [7, 11) is 0. The van der Waals surface area contributed by atoms with Crippen molar-refractivity contribution in [1.82, 2.24) is 9.97 Å². The molecule has 0 spiro atoms. The van der Waals surface area contributed by atoms with Gasteiger partial charge in [-0.3, -0.25) is 9.78 Å². The number of hydrogen-bond acceptors (Lipinski definition) is 2. The van der Waals surface area contributed by atoms with E-state index >= 15 is 0 Å². The number of benzene rings is 1. The second kappa shape index (κ2) is 5.37. The summed E-state index contributed by atoms with van der Waals surface area (Å²) in [6.07, 6.45) is 0.609. The van der Waals surface area contributed by atoms with Crippen LogP contribution in [0.1, 0.15) is 43.2 Å². The van der Waals surface area contributed by atoms with E-state index < -0.39 is 0 Å². The van der Waals surface area contributed by atoms with Crippen LogP contribution in [0.3, 0.4) is 0 Å². The summed E-state index contributed by atoms with van der Waals surface area (Å²) in [5.74, 6) is 0. The largest absolute Gasteiger partial charge is 0.336 e. The first-order valence-corrected chi connectivity index (χ1v) is 7.09. The molecule has 1 heterocycles. The van der Waals surface area contributed by atoms with Gasteiger partial charge >= 0.3 is 0 Å². The molecule has 0 radical (unpaired) electrons. The first-order valence-electron chi connectivity index (χ1n) is 6.69. The summed E-state index contributed by atoms with van der Waals surface area (Å²) in [6, 6.07) is 8.43. The van der Waals surface area contributed by atoms with Crippen LogP contribution in [0.25, 0.3) is 0 Å². The molecule has 0 aliphatic carbocycles. The van der Waals surface area contributed by atoms with Gasteiger partial charge in [0.05, 0.1) is 0 Å². The van der Waals surface area contributed by atoms with Gasteiger partial charge in [0.25, 0.3) is 5.56 Å². The molecule has 2 aromatic rings. The topological polar surface area (TPSA) is 48.6 Å². The number of H-pyrrole nitrogens is 2. The van der Waals surface area contributed by atoms with Crippen molar-refractivity contribution in [3.63, 3.8) is 0 Å². The predicted octanol–water partition coefficient (Wildman–Crippen LogP) is 3.63. The molecule has 4 heteroatoms. The molecule has 0 bridgehead atoms. The summed E-state index contributed by atoms with van der Waals surface area (Å²) in [4.78, 5) is 17.6. The van der Waals surface area contributed by atoms with Crippen LogP contribution in [-0.4, -0.2) is 9.97 Å². The lowest BCUT2D eigenvalue weighted by atomic mass is 9.86. The summed E-state index contributed by atoms with van der Waals surface area (Å²) in [5.41, 5.74) is 4.02. The minimum Gasteiger partial charge on any atom is -0.336 e. The maximum atomic E-state index is 11.9. The van der Waals surface area contributed by atoms with Crippen molar-refractivity contribution in [3.8, 4) is 0 Å². The zero-order valence-electron chi connectivity index (χ0n) is 12.3. The van der Waals surface area contributed by atoms with Crippen molar-refractivity contribution >= 4 is 12.2 Å². The maximum Gasteiger partial charge on any atom is 0.255 e. The fourth-order valence-electron chi connectivity index (χ4n) is 2.17. The number of aryl methyl sites for hydroxylation is 1. The van der Waals surface area contributed by atoms with Gasteiger partial charge in [-0.15, -0.1) is 0 Å². The monoisotopic (exact) mass is 288 g/mol. The van der Waals surface area contributed by atoms with Crippen LogP contribution in [0.2, 0.25) is 0 Å². The van der Waals surface area contributed by atoms with Crippen LogP contribution in [0.15, 0.2) is 29.1 Å². The highest BCUT2D eigenvalue weighted by molar-refractivity contribution is 7.71. The van der Waals surface area contributed by atoms with Crippen molar-refractivity contribution in [1.29, 1.82) is 0 Å². The van der Waals surface area contributed by atoms with Gasteiger partial charge in [0.15, 0.2) is 4.77 Å². The molecular weight excluding hydrogens is 268 g/mol. The average Bonchev–Trinajstić information content (AvgIpc) is 2.33. The molecule has 3 nitrogen and oxygen atoms in total. The summed E-state index contributed by atoms with van der Waals surface area (Å²) in [5, 5.41) is 0.